The molecule has 5 nitrogen and oxygen atoms in total. The Morgan fingerprint density at radius 3 is 2.59 bits per heavy atom. The Morgan fingerprint density at radius 2 is 1.86 bits per heavy atom. The number of nitrogens with zero attached hydrogens (tertiary/aromatic N) is 2. The number of nitrogens with one attached hydrogen (secondary N) is 1. The summed E-state index contributed by atoms with van der Waals surface area (Å²) in [5.74, 6) is -0.239. The molecule has 1 aromatic heterocycles. The van der Waals surface area contributed by atoms with Gasteiger partial charge in [0.15, 0.2) is 0 Å². The summed E-state index contributed by atoms with van der Waals surface area (Å²) in [4.78, 5) is 20.1. The Balaban J connectivity index is 1.35. The minimum absolute atomic E-state index is 0.0570. The maximum Gasteiger partial charge on any atom is 0.227 e. The standard InChI is InChI=1S/C23H26FN3O2/c1-16-19(20-13-18(24)7-8-21(20)25-16)14-23(29)27-11-9-26(10-12-27)15-22(28)17-5-3-2-4-6-17/h2-8,13,22,25,28H,9-12,14-15H2,1H3. The molecule has 29 heavy (non-hydrogen) atoms. The van der Waals surface area contributed by atoms with Crippen molar-refractivity contribution >= 4 is 16.8 Å². The number of carbonyl (C=O) groups excluding carboxylic acids is 1. The van der Waals surface area contributed by atoms with E-state index in [4.69, 9.17) is 0 Å². The van der Waals surface area contributed by atoms with Crippen LogP contribution in [0.4, 0.5) is 4.39 Å². The highest BCUT2D eigenvalue weighted by Gasteiger charge is 2.24. The number of aliphatic hydroxyl groups is 1. The average molecular weight is 395 g/mol. The molecule has 1 amide bonds. The third-order valence-corrected chi connectivity index (χ3v) is 5.75. The fourth-order valence-corrected chi connectivity index (χ4v) is 4.05. The van der Waals surface area contributed by atoms with E-state index in [9.17, 15) is 14.3 Å². The second-order valence-corrected chi connectivity index (χ2v) is 7.70. The van der Waals surface area contributed by atoms with Crippen molar-refractivity contribution in [2.24, 2.45) is 0 Å². The monoisotopic (exact) mass is 395 g/mol. The maximum absolute atomic E-state index is 13.7. The van der Waals surface area contributed by atoms with E-state index in [-0.39, 0.29) is 18.1 Å². The summed E-state index contributed by atoms with van der Waals surface area (Å²) in [6, 6.07) is 14.3. The van der Waals surface area contributed by atoms with E-state index in [0.29, 0.717) is 19.6 Å². The summed E-state index contributed by atoms with van der Waals surface area (Å²) < 4.78 is 13.7. The predicted octanol–water partition coefficient (Wildman–Crippen LogP) is 3.04. The highest BCUT2D eigenvalue weighted by Crippen LogP contribution is 2.24. The number of aromatic nitrogens is 1. The van der Waals surface area contributed by atoms with Gasteiger partial charge < -0.3 is 15.0 Å². The van der Waals surface area contributed by atoms with Crippen molar-refractivity contribution in [3.63, 3.8) is 0 Å². The molecule has 2 aromatic carbocycles. The molecular formula is C23H26FN3O2. The first-order valence-electron chi connectivity index (χ1n) is 10.0. The van der Waals surface area contributed by atoms with Crippen molar-refractivity contribution in [3.05, 3.63) is 71.2 Å². The second kappa shape index (κ2) is 8.35. The van der Waals surface area contributed by atoms with Crippen molar-refractivity contribution in [1.82, 2.24) is 14.8 Å². The molecule has 6 heteroatoms. The summed E-state index contributed by atoms with van der Waals surface area (Å²) in [5.41, 5.74) is 3.54. The number of aromatic amines is 1. The van der Waals surface area contributed by atoms with Gasteiger partial charge in [-0.25, -0.2) is 4.39 Å². The summed E-state index contributed by atoms with van der Waals surface area (Å²) in [7, 11) is 0. The van der Waals surface area contributed by atoms with E-state index in [0.717, 1.165) is 40.8 Å². The van der Waals surface area contributed by atoms with Crippen molar-refractivity contribution in [1.29, 1.82) is 0 Å². The van der Waals surface area contributed by atoms with E-state index in [2.05, 4.69) is 9.88 Å². The van der Waals surface area contributed by atoms with Crippen molar-refractivity contribution in [2.75, 3.05) is 32.7 Å². The van der Waals surface area contributed by atoms with Crippen LogP contribution in [-0.4, -0.2) is 58.5 Å². The summed E-state index contributed by atoms with van der Waals surface area (Å²) in [6.07, 6.45) is -0.260. The summed E-state index contributed by atoms with van der Waals surface area (Å²) in [5, 5.41) is 11.2. The maximum atomic E-state index is 13.7. The van der Waals surface area contributed by atoms with Crippen LogP contribution in [0.3, 0.4) is 0 Å². The molecule has 2 heterocycles. The largest absolute Gasteiger partial charge is 0.387 e. The summed E-state index contributed by atoms with van der Waals surface area (Å²) >= 11 is 0. The van der Waals surface area contributed by atoms with E-state index < -0.39 is 6.10 Å². The second-order valence-electron chi connectivity index (χ2n) is 7.70. The molecule has 1 aliphatic rings. The quantitative estimate of drug-likeness (QED) is 0.698. The zero-order valence-corrected chi connectivity index (χ0v) is 16.6. The zero-order chi connectivity index (χ0) is 20.4. The molecule has 0 saturated carbocycles. The predicted molar refractivity (Wildman–Crippen MR) is 111 cm³/mol. The van der Waals surface area contributed by atoms with Gasteiger partial charge in [-0.2, -0.15) is 0 Å². The SMILES string of the molecule is Cc1[nH]c2ccc(F)cc2c1CC(=O)N1CCN(CC(O)c2ccccc2)CC1. The lowest BCUT2D eigenvalue weighted by atomic mass is 10.1. The number of amides is 1. The van der Waals surface area contributed by atoms with Gasteiger partial charge in [-0.15, -0.1) is 0 Å². The Morgan fingerprint density at radius 1 is 1.14 bits per heavy atom. The molecule has 2 N–H and O–H groups in total. The molecule has 152 valence electrons. The molecular weight excluding hydrogens is 369 g/mol. The molecule has 1 atom stereocenters. The topological polar surface area (TPSA) is 59.6 Å². The lowest BCUT2D eigenvalue weighted by Crippen LogP contribution is -2.50. The Labute approximate surface area is 169 Å². The average Bonchev–Trinajstić information content (AvgIpc) is 3.03. The lowest BCUT2D eigenvalue weighted by molar-refractivity contribution is -0.132. The molecule has 1 aliphatic heterocycles. The van der Waals surface area contributed by atoms with Crippen LogP contribution in [0.15, 0.2) is 48.5 Å². The van der Waals surface area contributed by atoms with E-state index in [1.54, 1.807) is 6.07 Å². The number of β-amino-alcohol motifs (C(OH)–C–C–N with tert-alkyl or cyclic N) is 1. The number of benzene rings is 2. The number of carbonyl (C=O) groups is 1. The first-order valence-corrected chi connectivity index (χ1v) is 10.0. The van der Waals surface area contributed by atoms with Crippen molar-refractivity contribution in [3.8, 4) is 0 Å². The molecule has 1 fully saturated rings. The molecule has 1 unspecified atom stereocenters. The molecule has 4 rings (SSSR count). The van der Waals surface area contributed by atoms with Crippen LogP contribution in [0.1, 0.15) is 22.9 Å². The van der Waals surface area contributed by atoms with E-state index in [1.807, 2.05) is 42.2 Å². The summed E-state index contributed by atoms with van der Waals surface area (Å²) in [6.45, 7) is 5.22. The smallest absolute Gasteiger partial charge is 0.227 e. The van der Waals surface area contributed by atoms with Crippen molar-refractivity contribution in [2.45, 2.75) is 19.4 Å². The molecule has 0 radical (unpaired) electrons. The number of hydrogen-bond donors (Lipinski definition) is 2. The van der Waals surface area contributed by atoms with Crippen LogP contribution < -0.4 is 0 Å². The van der Waals surface area contributed by atoms with Gasteiger partial charge in [0.2, 0.25) is 5.91 Å². The Hall–Kier alpha value is -2.70. The molecule has 0 spiro atoms. The number of halogens is 1. The fraction of sp³-hybridized carbons (Fsp3) is 0.348. The third-order valence-electron chi connectivity index (χ3n) is 5.75. The number of H-pyrrole nitrogens is 1. The molecule has 1 saturated heterocycles. The number of fused-ring (bicyclic) bond motifs is 1. The lowest BCUT2D eigenvalue weighted by Gasteiger charge is -2.35. The normalized spacial score (nSPS) is 16.3. The van der Waals surface area contributed by atoms with Gasteiger partial charge in [0.25, 0.3) is 0 Å². The number of aliphatic hydroxyl groups excluding tert-OH is 1. The van der Waals surface area contributed by atoms with Gasteiger partial charge in [0.1, 0.15) is 5.82 Å². The minimum atomic E-state index is -0.526. The van der Waals surface area contributed by atoms with Crippen LogP contribution >= 0.6 is 0 Å². The van der Waals surface area contributed by atoms with Gasteiger partial charge in [0.05, 0.1) is 12.5 Å². The molecule has 0 bridgehead atoms. The van der Waals surface area contributed by atoms with Crippen LogP contribution in [0.2, 0.25) is 0 Å². The van der Waals surface area contributed by atoms with Gasteiger partial charge in [-0.05, 0) is 36.2 Å². The van der Waals surface area contributed by atoms with Crippen LogP contribution in [-0.2, 0) is 11.2 Å². The first-order chi connectivity index (χ1) is 14.0. The third kappa shape index (κ3) is 4.33. The van der Waals surface area contributed by atoms with E-state index >= 15 is 0 Å². The van der Waals surface area contributed by atoms with Gasteiger partial charge >= 0.3 is 0 Å². The number of rotatable bonds is 5. The molecule has 0 aliphatic carbocycles. The number of aryl methyl sites for hydroxylation is 1. The minimum Gasteiger partial charge on any atom is -0.387 e. The Kier molecular flexibility index (Phi) is 5.65. The fourth-order valence-electron chi connectivity index (χ4n) is 4.05. The van der Waals surface area contributed by atoms with Crippen molar-refractivity contribution < 1.29 is 14.3 Å². The van der Waals surface area contributed by atoms with Gasteiger partial charge in [-0.1, -0.05) is 30.3 Å². The zero-order valence-electron chi connectivity index (χ0n) is 16.6. The number of hydrogen-bond acceptors (Lipinski definition) is 3. The van der Waals surface area contributed by atoms with E-state index in [1.165, 1.54) is 12.1 Å². The highest BCUT2D eigenvalue weighted by molar-refractivity contribution is 5.90. The van der Waals surface area contributed by atoms with Crippen LogP contribution in [0.25, 0.3) is 10.9 Å². The highest BCUT2D eigenvalue weighted by atomic mass is 19.1. The Bertz CT molecular complexity index is 994. The first kappa shape index (κ1) is 19.6. The van der Waals surface area contributed by atoms with Crippen LogP contribution in [0, 0.1) is 12.7 Å². The van der Waals surface area contributed by atoms with Gasteiger partial charge in [0, 0.05) is 49.3 Å². The van der Waals surface area contributed by atoms with Gasteiger partial charge in [-0.3, -0.25) is 9.69 Å². The van der Waals surface area contributed by atoms with Crippen LogP contribution in [0.5, 0.6) is 0 Å². The number of piperazine rings is 1. The molecule has 3 aromatic rings.